The summed E-state index contributed by atoms with van der Waals surface area (Å²) in [5, 5.41) is 7.05. The number of nitrogens with zero attached hydrogens (tertiary/aromatic N) is 2. The van der Waals surface area contributed by atoms with Crippen LogP contribution in [0.2, 0.25) is 0 Å². The van der Waals surface area contributed by atoms with Gasteiger partial charge in [-0.2, -0.15) is 8.78 Å². The monoisotopic (exact) mass is 268 g/mol. The van der Waals surface area contributed by atoms with E-state index in [2.05, 4.69) is 10.2 Å². The second-order valence-electron chi connectivity index (χ2n) is 4.40. The molecule has 2 rings (SSSR count). The van der Waals surface area contributed by atoms with E-state index in [1.807, 2.05) is 0 Å². The van der Waals surface area contributed by atoms with Gasteiger partial charge < -0.3 is 9.15 Å². The largest absolute Gasteiger partial charge is 0.497 e. The number of benzene rings is 1. The van der Waals surface area contributed by atoms with Crippen LogP contribution in [0.3, 0.4) is 0 Å². The maximum absolute atomic E-state index is 14.2. The maximum Gasteiger partial charge on any atom is 0.349 e. The van der Waals surface area contributed by atoms with Crippen LogP contribution in [0.5, 0.6) is 5.75 Å². The lowest BCUT2D eigenvalue weighted by molar-refractivity contribution is 0.0118. The molecule has 0 amide bonds. The summed E-state index contributed by atoms with van der Waals surface area (Å²) < 4.78 is 38.3. The minimum Gasteiger partial charge on any atom is -0.497 e. The van der Waals surface area contributed by atoms with Crippen molar-refractivity contribution < 1.29 is 17.9 Å². The summed E-state index contributed by atoms with van der Waals surface area (Å²) in [5.41, 5.74) is -0.216. The van der Waals surface area contributed by atoms with Crippen LogP contribution in [0.1, 0.15) is 37.1 Å². The molecular formula is C13H14F2N2O2. The predicted molar refractivity (Wildman–Crippen MR) is 64.4 cm³/mol. The van der Waals surface area contributed by atoms with Crippen molar-refractivity contribution in [2.45, 2.75) is 25.7 Å². The lowest BCUT2D eigenvalue weighted by Gasteiger charge is -2.12. The molecule has 0 aliphatic carbocycles. The van der Waals surface area contributed by atoms with E-state index in [1.54, 1.807) is 13.8 Å². The Morgan fingerprint density at radius 1 is 1.16 bits per heavy atom. The zero-order valence-corrected chi connectivity index (χ0v) is 10.9. The van der Waals surface area contributed by atoms with Crippen molar-refractivity contribution in [3.05, 3.63) is 41.6 Å². The van der Waals surface area contributed by atoms with E-state index in [0.29, 0.717) is 5.75 Å². The Morgan fingerprint density at radius 2 is 1.79 bits per heavy atom. The summed E-state index contributed by atoms with van der Waals surface area (Å²) >= 11 is 0. The van der Waals surface area contributed by atoms with Crippen LogP contribution in [0.25, 0.3) is 0 Å². The van der Waals surface area contributed by atoms with Gasteiger partial charge in [-0.05, 0) is 24.3 Å². The van der Waals surface area contributed by atoms with Crippen molar-refractivity contribution in [2.24, 2.45) is 0 Å². The van der Waals surface area contributed by atoms with Gasteiger partial charge in [0, 0.05) is 11.5 Å². The van der Waals surface area contributed by atoms with Crippen LogP contribution in [0, 0.1) is 0 Å². The first-order chi connectivity index (χ1) is 8.95. The second-order valence-corrected chi connectivity index (χ2v) is 4.40. The number of hydrogen-bond donors (Lipinski definition) is 0. The fourth-order valence-electron chi connectivity index (χ4n) is 1.52. The third-order valence-corrected chi connectivity index (χ3v) is 2.66. The molecule has 6 heteroatoms. The third kappa shape index (κ3) is 2.57. The van der Waals surface area contributed by atoms with Crippen molar-refractivity contribution in [1.82, 2.24) is 10.2 Å². The highest BCUT2D eigenvalue weighted by molar-refractivity contribution is 5.32. The van der Waals surface area contributed by atoms with E-state index in [0.717, 1.165) is 0 Å². The number of methoxy groups -OCH3 is 1. The Hall–Kier alpha value is -1.98. The molecule has 0 spiro atoms. The minimum absolute atomic E-state index is 0.0899. The zero-order chi connectivity index (χ0) is 14.0. The minimum atomic E-state index is -3.31. The molecule has 102 valence electrons. The smallest absolute Gasteiger partial charge is 0.349 e. The molecule has 0 radical (unpaired) electrons. The molecule has 0 atom stereocenters. The van der Waals surface area contributed by atoms with Crippen LogP contribution in [-0.4, -0.2) is 17.3 Å². The van der Waals surface area contributed by atoms with Gasteiger partial charge in [0.25, 0.3) is 5.89 Å². The van der Waals surface area contributed by atoms with Crippen molar-refractivity contribution in [1.29, 1.82) is 0 Å². The Labute approximate surface area is 109 Å². The quantitative estimate of drug-likeness (QED) is 0.853. The SMILES string of the molecule is COc1ccc(C(F)(F)c2nnc(C(C)C)o2)cc1. The number of alkyl halides is 2. The van der Waals surface area contributed by atoms with E-state index in [-0.39, 0.29) is 17.4 Å². The summed E-state index contributed by atoms with van der Waals surface area (Å²) in [4.78, 5) is 0. The molecule has 0 saturated carbocycles. The lowest BCUT2D eigenvalue weighted by Crippen LogP contribution is -2.15. The van der Waals surface area contributed by atoms with Gasteiger partial charge in [0.05, 0.1) is 7.11 Å². The fraction of sp³-hybridized carbons (Fsp3) is 0.385. The van der Waals surface area contributed by atoms with Gasteiger partial charge >= 0.3 is 5.92 Å². The van der Waals surface area contributed by atoms with E-state index in [9.17, 15) is 8.78 Å². The van der Waals surface area contributed by atoms with E-state index in [1.165, 1.54) is 31.4 Å². The Morgan fingerprint density at radius 3 is 2.26 bits per heavy atom. The van der Waals surface area contributed by atoms with Crippen LogP contribution >= 0.6 is 0 Å². The normalized spacial score (nSPS) is 11.9. The molecule has 0 N–H and O–H groups in total. The van der Waals surface area contributed by atoms with Gasteiger partial charge in [-0.1, -0.05) is 13.8 Å². The number of aromatic nitrogens is 2. The molecular weight excluding hydrogens is 254 g/mol. The highest BCUT2D eigenvalue weighted by atomic mass is 19.3. The topological polar surface area (TPSA) is 48.2 Å². The van der Waals surface area contributed by atoms with Crippen molar-refractivity contribution in [3.8, 4) is 5.75 Å². The zero-order valence-electron chi connectivity index (χ0n) is 10.9. The number of halogens is 2. The first-order valence-corrected chi connectivity index (χ1v) is 5.81. The standard InChI is InChI=1S/C13H14F2N2O2/c1-8(2)11-16-17-12(19-11)13(14,15)9-4-6-10(18-3)7-5-9/h4-8H,1-3H3. The summed E-state index contributed by atoms with van der Waals surface area (Å²) in [6.07, 6.45) is 0. The molecule has 0 bridgehead atoms. The molecule has 1 heterocycles. The number of rotatable bonds is 4. The van der Waals surface area contributed by atoms with Gasteiger partial charge in [-0.15, -0.1) is 10.2 Å². The van der Waals surface area contributed by atoms with E-state index < -0.39 is 11.8 Å². The fourth-order valence-corrected chi connectivity index (χ4v) is 1.52. The highest BCUT2D eigenvalue weighted by Crippen LogP contribution is 2.35. The molecule has 0 fully saturated rings. The molecule has 4 nitrogen and oxygen atoms in total. The molecule has 0 aliphatic rings. The highest BCUT2D eigenvalue weighted by Gasteiger charge is 2.40. The summed E-state index contributed by atoms with van der Waals surface area (Å²) in [7, 11) is 1.47. The Balaban J connectivity index is 2.33. The average Bonchev–Trinajstić information content (AvgIpc) is 2.89. The summed E-state index contributed by atoms with van der Waals surface area (Å²) in [6, 6.07) is 5.47. The van der Waals surface area contributed by atoms with Gasteiger partial charge in [-0.3, -0.25) is 0 Å². The van der Waals surface area contributed by atoms with Gasteiger partial charge in [0.15, 0.2) is 0 Å². The average molecular weight is 268 g/mol. The first kappa shape index (κ1) is 13.5. The molecule has 19 heavy (non-hydrogen) atoms. The van der Waals surface area contributed by atoms with Crippen LogP contribution in [-0.2, 0) is 5.92 Å². The molecule has 2 aromatic rings. The van der Waals surface area contributed by atoms with Crippen molar-refractivity contribution in [2.75, 3.05) is 7.11 Å². The molecule has 0 saturated heterocycles. The molecule has 1 aromatic heterocycles. The predicted octanol–water partition coefficient (Wildman–Crippen LogP) is 3.34. The first-order valence-electron chi connectivity index (χ1n) is 5.81. The number of ether oxygens (including phenoxy) is 1. The van der Waals surface area contributed by atoms with Crippen molar-refractivity contribution >= 4 is 0 Å². The Kier molecular flexibility index (Phi) is 3.50. The lowest BCUT2D eigenvalue weighted by atomic mass is 10.1. The van der Waals surface area contributed by atoms with E-state index >= 15 is 0 Å². The van der Waals surface area contributed by atoms with Crippen LogP contribution < -0.4 is 4.74 Å². The van der Waals surface area contributed by atoms with Gasteiger partial charge in [-0.25, -0.2) is 0 Å². The van der Waals surface area contributed by atoms with E-state index in [4.69, 9.17) is 9.15 Å². The van der Waals surface area contributed by atoms with Gasteiger partial charge in [0.1, 0.15) is 5.75 Å². The third-order valence-electron chi connectivity index (χ3n) is 2.66. The van der Waals surface area contributed by atoms with Crippen LogP contribution in [0.15, 0.2) is 28.7 Å². The molecule has 0 unspecified atom stereocenters. The van der Waals surface area contributed by atoms with Crippen molar-refractivity contribution in [3.63, 3.8) is 0 Å². The number of hydrogen-bond acceptors (Lipinski definition) is 4. The van der Waals surface area contributed by atoms with Gasteiger partial charge in [0.2, 0.25) is 5.89 Å². The Bertz CT molecular complexity index is 550. The second kappa shape index (κ2) is 4.95. The van der Waals surface area contributed by atoms with Crippen LogP contribution in [0.4, 0.5) is 8.78 Å². The molecule has 1 aromatic carbocycles. The summed E-state index contributed by atoms with van der Waals surface area (Å²) in [5.74, 6) is -3.39. The maximum atomic E-state index is 14.2. The summed E-state index contributed by atoms with van der Waals surface area (Å²) in [6.45, 7) is 3.59. The molecule has 0 aliphatic heterocycles.